The third-order valence-electron chi connectivity index (χ3n) is 2.92. The minimum atomic E-state index is -0.287. The van der Waals surface area contributed by atoms with Gasteiger partial charge in [0.1, 0.15) is 5.82 Å². The van der Waals surface area contributed by atoms with E-state index in [1.165, 1.54) is 17.7 Å². The van der Waals surface area contributed by atoms with Crippen molar-refractivity contribution in [2.75, 3.05) is 6.54 Å². The molecule has 0 aromatic heterocycles. The van der Waals surface area contributed by atoms with Gasteiger partial charge in [-0.05, 0) is 35.7 Å². The highest BCUT2D eigenvalue weighted by atomic mass is 79.9. The quantitative estimate of drug-likeness (QED) is 0.643. The third-order valence-corrected chi connectivity index (χ3v) is 3.37. The average Bonchev–Trinajstić information content (AvgIpc) is 2.45. The van der Waals surface area contributed by atoms with Crippen molar-refractivity contribution in [3.05, 3.63) is 69.9 Å². The Hall–Kier alpha value is -1.88. The Morgan fingerprint density at radius 3 is 2.62 bits per heavy atom. The topological polar surface area (TPSA) is 50.4 Å². The van der Waals surface area contributed by atoms with Gasteiger partial charge in [0, 0.05) is 11.0 Å². The first-order valence-electron chi connectivity index (χ1n) is 6.66. The van der Waals surface area contributed by atoms with E-state index in [1.54, 1.807) is 0 Å². The monoisotopic (exact) mass is 349 g/mol. The molecule has 2 aromatic carbocycles. The third kappa shape index (κ3) is 5.55. The Labute approximate surface area is 132 Å². The van der Waals surface area contributed by atoms with Gasteiger partial charge in [0.15, 0.2) is 5.96 Å². The molecule has 5 heteroatoms. The van der Waals surface area contributed by atoms with Gasteiger partial charge in [-0.3, -0.25) is 0 Å². The van der Waals surface area contributed by atoms with Gasteiger partial charge in [0.25, 0.3) is 0 Å². The van der Waals surface area contributed by atoms with Crippen LogP contribution >= 0.6 is 15.9 Å². The maximum atomic E-state index is 13.2. The molecule has 0 heterocycles. The molecular formula is C16H17BrFN3. The fourth-order valence-corrected chi connectivity index (χ4v) is 2.43. The van der Waals surface area contributed by atoms with Crippen LogP contribution in [0.5, 0.6) is 0 Å². The molecule has 2 aromatic rings. The maximum Gasteiger partial charge on any atom is 0.188 e. The van der Waals surface area contributed by atoms with Crippen molar-refractivity contribution in [3.63, 3.8) is 0 Å². The number of halogens is 2. The first-order valence-corrected chi connectivity index (χ1v) is 7.45. The molecule has 0 unspecified atom stereocenters. The summed E-state index contributed by atoms with van der Waals surface area (Å²) >= 11 is 3.25. The second-order valence-electron chi connectivity index (χ2n) is 4.64. The van der Waals surface area contributed by atoms with E-state index in [1.807, 2.05) is 24.3 Å². The lowest BCUT2D eigenvalue weighted by Gasteiger charge is -2.06. The van der Waals surface area contributed by atoms with Crippen LogP contribution in [-0.4, -0.2) is 12.5 Å². The van der Waals surface area contributed by atoms with Crippen LogP contribution in [0.15, 0.2) is 58.0 Å². The van der Waals surface area contributed by atoms with E-state index in [9.17, 15) is 4.39 Å². The molecule has 0 bridgehead atoms. The number of hydrogen-bond acceptors (Lipinski definition) is 1. The second kappa shape index (κ2) is 7.78. The first-order chi connectivity index (χ1) is 10.1. The fraction of sp³-hybridized carbons (Fsp3) is 0.188. The van der Waals surface area contributed by atoms with Crippen LogP contribution in [0.2, 0.25) is 0 Å². The number of aliphatic imine (C=N–C) groups is 1. The van der Waals surface area contributed by atoms with E-state index < -0.39 is 0 Å². The van der Waals surface area contributed by atoms with Crippen molar-refractivity contribution >= 4 is 21.9 Å². The highest BCUT2D eigenvalue weighted by Gasteiger charge is 1.99. The van der Waals surface area contributed by atoms with Gasteiger partial charge < -0.3 is 11.1 Å². The van der Waals surface area contributed by atoms with E-state index in [0.29, 0.717) is 23.5 Å². The molecule has 0 spiro atoms. The van der Waals surface area contributed by atoms with Gasteiger partial charge in [-0.15, -0.1) is 0 Å². The standard InChI is InChI=1S/C16H17BrFN3/c17-14-8-13(9-15(18)10-14)11-21-16(19)20-7-6-12-4-2-1-3-5-12/h1-5,8-10H,6-7,11H2,(H3,19,20,21). The molecule has 0 fully saturated rings. The molecule has 3 N–H and O–H groups in total. The van der Waals surface area contributed by atoms with E-state index in [-0.39, 0.29) is 5.82 Å². The van der Waals surface area contributed by atoms with Crippen molar-refractivity contribution in [2.45, 2.75) is 13.0 Å². The predicted molar refractivity (Wildman–Crippen MR) is 87.6 cm³/mol. The van der Waals surface area contributed by atoms with Crippen molar-refractivity contribution in [1.29, 1.82) is 0 Å². The second-order valence-corrected chi connectivity index (χ2v) is 5.56. The van der Waals surface area contributed by atoms with Crippen LogP contribution < -0.4 is 11.1 Å². The summed E-state index contributed by atoms with van der Waals surface area (Å²) in [6.07, 6.45) is 0.878. The molecule has 0 amide bonds. The molecule has 0 saturated carbocycles. The van der Waals surface area contributed by atoms with Crippen LogP contribution in [0, 0.1) is 5.82 Å². The number of nitrogens with zero attached hydrogens (tertiary/aromatic N) is 1. The highest BCUT2D eigenvalue weighted by Crippen LogP contribution is 2.15. The summed E-state index contributed by atoms with van der Waals surface area (Å²) in [7, 11) is 0. The van der Waals surface area contributed by atoms with E-state index in [4.69, 9.17) is 5.73 Å². The number of nitrogens with one attached hydrogen (secondary N) is 1. The minimum absolute atomic E-state index is 0.287. The molecule has 0 aliphatic rings. The zero-order valence-electron chi connectivity index (χ0n) is 11.5. The molecule has 110 valence electrons. The molecule has 0 aliphatic carbocycles. The summed E-state index contributed by atoms with van der Waals surface area (Å²) in [5, 5.41) is 3.05. The summed E-state index contributed by atoms with van der Waals surface area (Å²) < 4.78 is 13.9. The summed E-state index contributed by atoms with van der Waals surface area (Å²) in [6, 6.07) is 14.8. The number of nitrogens with two attached hydrogens (primary N) is 1. The number of benzene rings is 2. The predicted octanol–water partition coefficient (Wildman–Crippen LogP) is 3.24. The van der Waals surface area contributed by atoms with Crippen LogP contribution in [0.25, 0.3) is 0 Å². The van der Waals surface area contributed by atoms with Crippen LogP contribution in [-0.2, 0) is 13.0 Å². The average molecular weight is 350 g/mol. The lowest BCUT2D eigenvalue weighted by molar-refractivity contribution is 0.624. The molecule has 21 heavy (non-hydrogen) atoms. The number of hydrogen-bond donors (Lipinski definition) is 2. The van der Waals surface area contributed by atoms with Gasteiger partial charge in [-0.2, -0.15) is 0 Å². The van der Waals surface area contributed by atoms with Gasteiger partial charge >= 0.3 is 0 Å². The SMILES string of the molecule is NC(=NCc1cc(F)cc(Br)c1)NCCc1ccccc1. The Morgan fingerprint density at radius 1 is 1.14 bits per heavy atom. The van der Waals surface area contributed by atoms with Gasteiger partial charge in [-0.1, -0.05) is 46.3 Å². The van der Waals surface area contributed by atoms with Crippen molar-refractivity contribution in [3.8, 4) is 0 Å². The molecule has 3 nitrogen and oxygen atoms in total. The van der Waals surface area contributed by atoms with Gasteiger partial charge in [0.2, 0.25) is 0 Å². The van der Waals surface area contributed by atoms with E-state index in [0.717, 1.165) is 12.0 Å². The zero-order chi connectivity index (χ0) is 15.1. The Morgan fingerprint density at radius 2 is 1.90 bits per heavy atom. The molecule has 0 radical (unpaired) electrons. The largest absolute Gasteiger partial charge is 0.370 e. The Bertz CT molecular complexity index is 594. The number of rotatable bonds is 5. The van der Waals surface area contributed by atoms with Crippen LogP contribution in [0.3, 0.4) is 0 Å². The maximum absolute atomic E-state index is 13.2. The van der Waals surface area contributed by atoms with Gasteiger partial charge in [-0.25, -0.2) is 9.38 Å². The van der Waals surface area contributed by atoms with E-state index in [2.05, 4.69) is 38.4 Å². The Balaban J connectivity index is 1.81. The molecule has 0 saturated heterocycles. The Kier molecular flexibility index (Phi) is 5.75. The smallest absolute Gasteiger partial charge is 0.188 e. The summed E-state index contributed by atoms with van der Waals surface area (Å²) in [5.74, 6) is 0.0801. The first kappa shape index (κ1) is 15.5. The summed E-state index contributed by atoms with van der Waals surface area (Å²) in [4.78, 5) is 4.20. The molecular weight excluding hydrogens is 333 g/mol. The lowest BCUT2D eigenvalue weighted by atomic mass is 10.1. The summed E-state index contributed by atoms with van der Waals surface area (Å²) in [6.45, 7) is 1.06. The minimum Gasteiger partial charge on any atom is -0.370 e. The normalized spacial score (nSPS) is 11.4. The lowest BCUT2D eigenvalue weighted by Crippen LogP contribution is -2.33. The van der Waals surface area contributed by atoms with Gasteiger partial charge in [0.05, 0.1) is 6.54 Å². The van der Waals surface area contributed by atoms with Crippen molar-refractivity contribution in [2.24, 2.45) is 10.7 Å². The highest BCUT2D eigenvalue weighted by molar-refractivity contribution is 9.10. The van der Waals surface area contributed by atoms with Crippen LogP contribution in [0.4, 0.5) is 4.39 Å². The number of guanidine groups is 1. The van der Waals surface area contributed by atoms with Crippen LogP contribution in [0.1, 0.15) is 11.1 Å². The fourth-order valence-electron chi connectivity index (χ4n) is 1.91. The van der Waals surface area contributed by atoms with Crippen molar-refractivity contribution < 1.29 is 4.39 Å². The summed E-state index contributed by atoms with van der Waals surface area (Å²) in [5.41, 5.74) is 7.81. The molecule has 2 rings (SSSR count). The molecule has 0 aliphatic heterocycles. The zero-order valence-corrected chi connectivity index (χ0v) is 13.1. The van der Waals surface area contributed by atoms with Crippen molar-refractivity contribution in [1.82, 2.24) is 5.32 Å². The molecule has 0 atom stereocenters. The van der Waals surface area contributed by atoms with E-state index >= 15 is 0 Å².